The molecular formula is C21H23N3O. The van der Waals surface area contributed by atoms with Gasteiger partial charge in [-0.15, -0.1) is 0 Å². The average molecular weight is 333 g/mol. The van der Waals surface area contributed by atoms with Crippen LogP contribution in [0.25, 0.3) is 6.08 Å². The number of hydrogen-bond acceptors (Lipinski definition) is 3. The molecule has 2 aromatic carbocycles. The highest BCUT2D eigenvalue weighted by Crippen LogP contribution is 2.24. The van der Waals surface area contributed by atoms with Gasteiger partial charge in [-0.1, -0.05) is 38.1 Å². The van der Waals surface area contributed by atoms with Crippen molar-refractivity contribution in [2.75, 3.05) is 23.7 Å². The molecule has 0 aromatic heterocycles. The van der Waals surface area contributed by atoms with E-state index in [4.69, 9.17) is 5.73 Å². The Hall–Kier alpha value is -2.88. The van der Waals surface area contributed by atoms with Gasteiger partial charge < -0.3 is 10.6 Å². The zero-order valence-electron chi connectivity index (χ0n) is 14.6. The van der Waals surface area contributed by atoms with E-state index < -0.39 is 0 Å². The molecule has 128 valence electrons. The molecule has 0 aliphatic carbocycles. The van der Waals surface area contributed by atoms with Crippen molar-refractivity contribution in [2.45, 2.75) is 19.8 Å². The molecule has 0 radical (unpaired) electrons. The number of rotatable bonds is 3. The van der Waals surface area contributed by atoms with Gasteiger partial charge in [-0.25, -0.2) is 0 Å². The summed E-state index contributed by atoms with van der Waals surface area (Å²) in [5.41, 5.74) is 10.5. The van der Waals surface area contributed by atoms with Gasteiger partial charge >= 0.3 is 0 Å². The van der Waals surface area contributed by atoms with Crippen molar-refractivity contribution >= 4 is 29.6 Å². The molecule has 0 spiro atoms. The predicted molar refractivity (Wildman–Crippen MR) is 105 cm³/mol. The summed E-state index contributed by atoms with van der Waals surface area (Å²) in [7, 11) is 0. The lowest BCUT2D eigenvalue weighted by molar-refractivity contribution is -0.114. The van der Waals surface area contributed by atoms with E-state index in [1.54, 1.807) is 17.2 Å². The maximum absolute atomic E-state index is 12.7. The molecule has 1 aliphatic rings. The maximum atomic E-state index is 12.7. The van der Waals surface area contributed by atoms with E-state index in [0.29, 0.717) is 24.7 Å². The first-order valence-electron chi connectivity index (χ1n) is 8.53. The first kappa shape index (κ1) is 17.0. The van der Waals surface area contributed by atoms with Crippen LogP contribution in [0.1, 0.15) is 36.5 Å². The second kappa shape index (κ2) is 7.34. The second-order valence-electron chi connectivity index (χ2n) is 6.50. The highest BCUT2D eigenvalue weighted by molar-refractivity contribution is 6.07. The Bertz CT molecular complexity index is 820. The van der Waals surface area contributed by atoms with Crippen LogP contribution < -0.4 is 10.6 Å². The van der Waals surface area contributed by atoms with Gasteiger partial charge in [-0.05, 0) is 41.3 Å². The topological polar surface area (TPSA) is 58.7 Å². The molecule has 25 heavy (non-hydrogen) atoms. The summed E-state index contributed by atoms with van der Waals surface area (Å²) in [4.78, 5) is 18.8. The molecule has 0 fully saturated rings. The van der Waals surface area contributed by atoms with Crippen LogP contribution in [0.4, 0.5) is 11.4 Å². The molecule has 1 heterocycles. The SMILES string of the molecule is CC(C)c1ccc(/C=C/C(=O)N2CCN=Cc3cc(N)ccc32)cc1. The third-order valence-corrected chi connectivity index (χ3v) is 4.31. The Labute approximate surface area is 148 Å². The van der Waals surface area contributed by atoms with E-state index in [2.05, 4.69) is 31.0 Å². The third-order valence-electron chi connectivity index (χ3n) is 4.31. The Kier molecular flexibility index (Phi) is 4.98. The molecule has 0 unspecified atom stereocenters. The molecule has 2 N–H and O–H groups in total. The molecule has 4 nitrogen and oxygen atoms in total. The molecule has 2 aromatic rings. The van der Waals surface area contributed by atoms with Gasteiger partial charge in [0.25, 0.3) is 5.91 Å². The van der Waals surface area contributed by atoms with E-state index in [0.717, 1.165) is 16.8 Å². The van der Waals surface area contributed by atoms with Crippen LogP contribution in [-0.2, 0) is 4.79 Å². The van der Waals surface area contributed by atoms with Crippen molar-refractivity contribution in [2.24, 2.45) is 4.99 Å². The lowest BCUT2D eigenvalue weighted by Crippen LogP contribution is -2.31. The second-order valence-corrected chi connectivity index (χ2v) is 6.50. The van der Waals surface area contributed by atoms with Crippen molar-refractivity contribution in [3.8, 4) is 0 Å². The van der Waals surface area contributed by atoms with E-state index >= 15 is 0 Å². The highest BCUT2D eigenvalue weighted by Gasteiger charge is 2.18. The van der Waals surface area contributed by atoms with Gasteiger partial charge in [-0.3, -0.25) is 9.79 Å². The zero-order valence-corrected chi connectivity index (χ0v) is 14.6. The Morgan fingerprint density at radius 1 is 1.20 bits per heavy atom. The highest BCUT2D eigenvalue weighted by atomic mass is 16.2. The van der Waals surface area contributed by atoms with E-state index in [9.17, 15) is 4.79 Å². The zero-order chi connectivity index (χ0) is 17.8. The Morgan fingerprint density at radius 3 is 2.68 bits per heavy atom. The lowest BCUT2D eigenvalue weighted by atomic mass is 10.0. The predicted octanol–water partition coefficient (Wildman–Crippen LogP) is 3.87. The van der Waals surface area contributed by atoms with E-state index in [-0.39, 0.29) is 5.91 Å². The minimum Gasteiger partial charge on any atom is -0.399 e. The quantitative estimate of drug-likeness (QED) is 0.685. The van der Waals surface area contributed by atoms with Gasteiger partial charge in [0, 0.05) is 30.1 Å². The van der Waals surface area contributed by atoms with Gasteiger partial charge in [-0.2, -0.15) is 0 Å². The third kappa shape index (κ3) is 3.97. The number of fused-ring (bicyclic) bond motifs is 1. The fourth-order valence-electron chi connectivity index (χ4n) is 2.84. The summed E-state index contributed by atoms with van der Waals surface area (Å²) >= 11 is 0. The largest absolute Gasteiger partial charge is 0.399 e. The molecule has 4 heteroatoms. The monoisotopic (exact) mass is 333 g/mol. The van der Waals surface area contributed by atoms with Crippen molar-refractivity contribution in [1.29, 1.82) is 0 Å². The van der Waals surface area contributed by atoms with Gasteiger partial charge in [0.2, 0.25) is 0 Å². The minimum atomic E-state index is -0.0514. The molecule has 0 saturated heterocycles. The number of amides is 1. The molecular weight excluding hydrogens is 310 g/mol. The van der Waals surface area contributed by atoms with E-state index in [1.807, 2.05) is 36.4 Å². The summed E-state index contributed by atoms with van der Waals surface area (Å²) in [5, 5.41) is 0. The molecule has 1 aliphatic heterocycles. The summed E-state index contributed by atoms with van der Waals surface area (Å²) in [5.74, 6) is 0.449. The van der Waals surface area contributed by atoms with Gasteiger partial charge in [0.15, 0.2) is 0 Å². The van der Waals surface area contributed by atoms with Gasteiger partial charge in [0.1, 0.15) is 0 Å². The number of anilines is 2. The summed E-state index contributed by atoms with van der Waals surface area (Å²) in [6, 6.07) is 13.8. The minimum absolute atomic E-state index is 0.0514. The first-order chi connectivity index (χ1) is 12.0. The summed E-state index contributed by atoms with van der Waals surface area (Å²) in [6.45, 7) is 5.47. The molecule has 3 rings (SSSR count). The number of benzodiazepines with no additional fused rings is 1. The van der Waals surface area contributed by atoms with Crippen molar-refractivity contribution < 1.29 is 4.79 Å². The standard InChI is InChI=1S/C21H23N3O/c1-15(2)17-6-3-16(4-7-17)5-10-21(25)24-12-11-23-14-18-13-19(22)8-9-20(18)24/h3-10,13-15H,11-12,22H2,1-2H3/b10-5+. The fraction of sp³-hybridized carbons (Fsp3) is 0.238. The smallest absolute Gasteiger partial charge is 0.251 e. The van der Waals surface area contributed by atoms with Crippen LogP contribution in [0, 0.1) is 0 Å². The lowest BCUT2D eigenvalue weighted by Gasteiger charge is -2.21. The van der Waals surface area contributed by atoms with Crippen LogP contribution in [-0.4, -0.2) is 25.2 Å². The Morgan fingerprint density at radius 2 is 1.96 bits per heavy atom. The van der Waals surface area contributed by atoms with Crippen molar-refractivity contribution in [1.82, 2.24) is 0 Å². The molecule has 0 atom stereocenters. The van der Waals surface area contributed by atoms with Crippen LogP contribution in [0.3, 0.4) is 0 Å². The normalized spacial score (nSPS) is 14.0. The number of nitrogens with zero attached hydrogens (tertiary/aromatic N) is 2. The summed E-state index contributed by atoms with van der Waals surface area (Å²) < 4.78 is 0. The van der Waals surface area contributed by atoms with Crippen LogP contribution in [0.5, 0.6) is 0 Å². The summed E-state index contributed by atoms with van der Waals surface area (Å²) in [6.07, 6.45) is 5.26. The number of benzene rings is 2. The van der Waals surface area contributed by atoms with E-state index in [1.165, 1.54) is 5.56 Å². The van der Waals surface area contributed by atoms with Crippen molar-refractivity contribution in [3.63, 3.8) is 0 Å². The number of hydrogen-bond donors (Lipinski definition) is 1. The average Bonchev–Trinajstić information content (AvgIpc) is 2.82. The number of carbonyl (C=O) groups excluding carboxylic acids is 1. The number of carbonyl (C=O) groups is 1. The number of nitrogen functional groups attached to an aromatic ring is 1. The van der Waals surface area contributed by atoms with Crippen LogP contribution in [0.2, 0.25) is 0 Å². The fourth-order valence-corrected chi connectivity index (χ4v) is 2.84. The molecule has 0 saturated carbocycles. The Balaban J connectivity index is 1.79. The molecule has 1 amide bonds. The van der Waals surface area contributed by atoms with Crippen LogP contribution in [0.15, 0.2) is 53.5 Å². The molecule has 0 bridgehead atoms. The number of nitrogens with two attached hydrogens (primary N) is 1. The van der Waals surface area contributed by atoms with Crippen LogP contribution >= 0.6 is 0 Å². The van der Waals surface area contributed by atoms with Gasteiger partial charge in [0.05, 0.1) is 12.2 Å². The number of aliphatic imine (C=N–C) groups is 1. The first-order valence-corrected chi connectivity index (χ1v) is 8.53. The maximum Gasteiger partial charge on any atom is 0.251 e. The van der Waals surface area contributed by atoms with Crippen molar-refractivity contribution in [3.05, 3.63) is 65.2 Å².